The van der Waals surface area contributed by atoms with Crippen LogP contribution < -0.4 is 5.73 Å². The molecule has 1 aromatic carbocycles. The van der Waals surface area contributed by atoms with Gasteiger partial charge in [0.05, 0.1) is 0 Å². The van der Waals surface area contributed by atoms with Crippen LogP contribution in [0.2, 0.25) is 5.02 Å². The minimum atomic E-state index is -0.293. The van der Waals surface area contributed by atoms with E-state index in [-0.39, 0.29) is 11.9 Å². The van der Waals surface area contributed by atoms with Crippen LogP contribution in [-0.2, 0) is 0 Å². The average Bonchev–Trinajstić information content (AvgIpc) is 2.89. The minimum absolute atomic E-state index is 0.0293. The highest BCUT2D eigenvalue weighted by atomic mass is 35.5. The van der Waals surface area contributed by atoms with Crippen molar-refractivity contribution in [3.05, 3.63) is 34.6 Å². The first-order valence-corrected chi connectivity index (χ1v) is 6.73. The highest BCUT2D eigenvalue weighted by molar-refractivity contribution is 6.31. The molecule has 2 saturated carbocycles. The Morgan fingerprint density at radius 1 is 1.29 bits per heavy atom. The van der Waals surface area contributed by atoms with Crippen molar-refractivity contribution in [2.45, 2.75) is 31.7 Å². The molecule has 3 heteroatoms. The van der Waals surface area contributed by atoms with Gasteiger partial charge in [0, 0.05) is 11.1 Å². The first-order chi connectivity index (χ1) is 8.15. The molecule has 2 aliphatic rings. The van der Waals surface area contributed by atoms with Gasteiger partial charge in [-0.1, -0.05) is 24.1 Å². The molecule has 0 heterocycles. The third-order valence-electron chi connectivity index (χ3n) is 4.58. The number of halogens is 2. The Labute approximate surface area is 106 Å². The lowest BCUT2D eigenvalue weighted by molar-refractivity contribution is 0.284. The van der Waals surface area contributed by atoms with E-state index >= 15 is 0 Å². The van der Waals surface area contributed by atoms with Gasteiger partial charge in [0.15, 0.2) is 0 Å². The molecule has 1 aromatic rings. The largest absolute Gasteiger partial charge is 0.324 e. The van der Waals surface area contributed by atoms with Crippen molar-refractivity contribution in [1.82, 2.24) is 0 Å². The van der Waals surface area contributed by atoms with E-state index in [4.69, 9.17) is 17.3 Å². The molecule has 0 aromatic heterocycles. The van der Waals surface area contributed by atoms with E-state index < -0.39 is 0 Å². The number of fused-ring (bicyclic) bond motifs is 2. The summed E-state index contributed by atoms with van der Waals surface area (Å²) in [4.78, 5) is 0. The van der Waals surface area contributed by atoms with Crippen molar-refractivity contribution in [3.8, 4) is 0 Å². The van der Waals surface area contributed by atoms with Crippen LogP contribution >= 0.6 is 11.6 Å². The molecule has 0 radical (unpaired) electrons. The average molecular weight is 254 g/mol. The smallest absolute Gasteiger partial charge is 0.124 e. The monoisotopic (exact) mass is 253 g/mol. The molecule has 0 saturated heterocycles. The zero-order valence-corrected chi connectivity index (χ0v) is 10.5. The van der Waals surface area contributed by atoms with Crippen LogP contribution in [0.4, 0.5) is 4.39 Å². The summed E-state index contributed by atoms with van der Waals surface area (Å²) in [7, 11) is 0. The Morgan fingerprint density at radius 3 is 2.71 bits per heavy atom. The summed E-state index contributed by atoms with van der Waals surface area (Å²) in [6.07, 6.45) is 5.23. The van der Waals surface area contributed by atoms with E-state index in [9.17, 15) is 4.39 Å². The van der Waals surface area contributed by atoms with Gasteiger partial charge in [-0.3, -0.25) is 0 Å². The van der Waals surface area contributed by atoms with Crippen LogP contribution in [0.3, 0.4) is 0 Å². The van der Waals surface area contributed by atoms with Crippen LogP contribution in [0.5, 0.6) is 0 Å². The molecule has 4 atom stereocenters. The van der Waals surface area contributed by atoms with Crippen molar-refractivity contribution >= 4 is 11.6 Å². The summed E-state index contributed by atoms with van der Waals surface area (Å²) in [5.41, 5.74) is 7.24. The topological polar surface area (TPSA) is 26.0 Å². The fourth-order valence-electron chi connectivity index (χ4n) is 3.74. The van der Waals surface area contributed by atoms with Gasteiger partial charge >= 0.3 is 0 Å². The van der Waals surface area contributed by atoms with Gasteiger partial charge in [-0.05, 0) is 54.7 Å². The lowest BCUT2D eigenvalue weighted by Crippen LogP contribution is -2.26. The maximum absolute atomic E-state index is 13.0. The second-order valence-corrected chi connectivity index (χ2v) is 5.94. The third-order valence-corrected chi connectivity index (χ3v) is 4.90. The molecule has 1 nitrogen and oxygen atoms in total. The Balaban J connectivity index is 1.84. The summed E-state index contributed by atoms with van der Waals surface area (Å²) in [6, 6.07) is 4.53. The SMILES string of the molecule is NC(c1ccc(F)cc1Cl)C1CC2CCC1C2. The second-order valence-electron chi connectivity index (χ2n) is 5.53. The lowest BCUT2D eigenvalue weighted by atomic mass is 9.81. The standard InChI is InChI=1S/C14H17ClFN/c15-13-7-10(16)3-4-11(13)14(17)12-6-8-1-2-9(12)5-8/h3-4,7-9,12,14H,1-2,5-6,17H2. The lowest BCUT2D eigenvalue weighted by Gasteiger charge is -2.28. The van der Waals surface area contributed by atoms with Gasteiger partial charge in [0.25, 0.3) is 0 Å². The van der Waals surface area contributed by atoms with Crippen LogP contribution in [0.15, 0.2) is 18.2 Å². The number of benzene rings is 1. The molecule has 2 bridgehead atoms. The number of hydrogen-bond donors (Lipinski definition) is 1. The number of nitrogens with two attached hydrogens (primary N) is 1. The molecule has 0 spiro atoms. The van der Waals surface area contributed by atoms with Crippen molar-refractivity contribution in [2.24, 2.45) is 23.5 Å². The van der Waals surface area contributed by atoms with Crippen molar-refractivity contribution in [2.75, 3.05) is 0 Å². The molecule has 92 valence electrons. The molecular formula is C14H17ClFN. The first kappa shape index (κ1) is 11.5. The summed E-state index contributed by atoms with van der Waals surface area (Å²) >= 11 is 6.08. The van der Waals surface area contributed by atoms with Gasteiger partial charge in [0.1, 0.15) is 5.82 Å². The van der Waals surface area contributed by atoms with Gasteiger partial charge in [-0.15, -0.1) is 0 Å². The van der Waals surface area contributed by atoms with Crippen LogP contribution in [0.25, 0.3) is 0 Å². The summed E-state index contributed by atoms with van der Waals surface area (Å²) in [5.74, 6) is 1.88. The van der Waals surface area contributed by atoms with Crippen LogP contribution in [0.1, 0.15) is 37.3 Å². The predicted molar refractivity (Wildman–Crippen MR) is 67.3 cm³/mol. The van der Waals surface area contributed by atoms with E-state index in [2.05, 4.69) is 0 Å². The van der Waals surface area contributed by atoms with E-state index in [0.717, 1.165) is 17.4 Å². The zero-order valence-electron chi connectivity index (χ0n) is 9.70. The van der Waals surface area contributed by atoms with E-state index in [1.807, 2.05) is 0 Å². The quantitative estimate of drug-likeness (QED) is 0.850. The van der Waals surface area contributed by atoms with Gasteiger partial charge in [-0.25, -0.2) is 4.39 Å². The molecule has 2 fully saturated rings. The first-order valence-electron chi connectivity index (χ1n) is 6.35. The fourth-order valence-corrected chi connectivity index (χ4v) is 4.03. The minimum Gasteiger partial charge on any atom is -0.324 e. The molecule has 0 aliphatic heterocycles. The van der Waals surface area contributed by atoms with Crippen LogP contribution in [-0.4, -0.2) is 0 Å². The van der Waals surface area contributed by atoms with E-state index in [0.29, 0.717) is 10.9 Å². The Hall–Kier alpha value is -0.600. The van der Waals surface area contributed by atoms with Crippen molar-refractivity contribution in [1.29, 1.82) is 0 Å². The Kier molecular flexibility index (Phi) is 2.87. The normalized spacial score (nSPS) is 33.0. The van der Waals surface area contributed by atoms with Gasteiger partial charge in [0.2, 0.25) is 0 Å². The Morgan fingerprint density at radius 2 is 2.12 bits per heavy atom. The molecule has 2 aliphatic carbocycles. The van der Waals surface area contributed by atoms with Gasteiger partial charge < -0.3 is 5.73 Å². The maximum atomic E-state index is 13.0. The maximum Gasteiger partial charge on any atom is 0.124 e. The molecule has 0 amide bonds. The highest BCUT2D eigenvalue weighted by Gasteiger charge is 2.42. The van der Waals surface area contributed by atoms with Crippen molar-refractivity contribution in [3.63, 3.8) is 0 Å². The predicted octanol–water partition coefficient (Wildman–Crippen LogP) is 3.92. The third kappa shape index (κ3) is 1.98. The molecular weight excluding hydrogens is 237 g/mol. The number of rotatable bonds is 2. The van der Waals surface area contributed by atoms with E-state index in [1.54, 1.807) is 6.07 Å². The molecule has 17 heavy (non-hydrogen) atoms. The summed E-state index contributed by atoms with van der Waals surface area (Å²) in [5, 5.41) is 0.472. The Bertz CT molecular complexity index is 434. The highest BCUT2D eigenvalue weighted by Crippen LogP contribution is 2.52. The molecule has 3 rings (SSSR count). The van der Waals surface area contributed by atoms with E-state index in [1.165, 1.54) is 37.8 Å². The second kappa shape index (κ2) is 4.25. The summed E-state index contributed by atoms with van der Waals surface area (Å²) < 4.78 is 13.0. The fraction of sp³-hybridized carbons (Fsp3) is 0.571. The molecule has 4 unspecified atom stereocenters. The molecule has 2 N–H and O–H groups in total. The van der Waals surface area contributed by atoms with Crippen LogP contribution in [0, 0.1) is 23.6 Å². The number of hydrogen-bond acceptors (Lipinski definition) is 1. The van der Waals surface area contributed by atoms with Crippen molar-refractivity contribution < 1.29 is 4.39 Å². The van der Waals surface area contributed by atoms with Gasteiger partial charge in [-0.2, -0.15) is 0 Å². The summed E-state index contributed by atoms with van der Waals surface area (Å²) in [6.45, 7) is 0. The zero-order chi connectivity index (χ0) is 12.0.